The first-order chi connectivity index (χ1) is 46.5. The largest absolute Gasteiger partial charge is 0.455 e. The van der Waals surface area contributed by atoms with Crippen molar-refractivity contribution >= 4 is 78.0 Å². The SMILES string of the molecule is CC.CC.Cc1cc(-c2ccc(N(c3ccc(-c4cccc5c4oc4ccccc45)cc3)c3c(-c4ccccc4)cccc3-c3ccccc3)c(C)c2)ccc1N(c1ccc(-c2cccc3c2oc2ccccc23)cc1)c1c(-c2ccccc2)cccc1-c1ccccc1. The van der Waals surface area contributed by atoms with Crippen LogP contribution in [0.4, 0.5) is 34.1 Å². The molecule has 0 saturated heterocycles. The normalized spacial score (nSPS) is 11.1. The minimum absolute atomic E-state index is 0.888. The third kappa shape index (κ3) is 11.2. The van der Waals surface area contributed by atoms with Crippen LogP contribution in [-0.2, 0) is 0 Å². The van der Waals surface area contributed by atoms with Crippen LogP contribution in [0.15, 0.2) is 336 Å². The molecule has 0 atom stereocenters. The predicted octanol–water partition coefficient (Wildman–Crippen LogP) is 26.8. The lowest BCUT2D eigenvalue weighted by atomic mass is 9.92. The van der Waals surface area contributed by atoms with E-state index in [1.165, 1.54) is 0 Å². The second kappa shape index (κ2) is 26.6. The summed E-state index contributed by atoms with van der Waals surface area (Å²) in [4.78, 5) is 4.94. The van der Waals surface area contributed by atoms with Crippen LogP contribution in [0.5, 0.6) is 0 Å². The number of hydrogen-bond acceptors (Lipinski definition) is 4. The molecule has 2 heterocycles. The van der Waals surface area contributed by atoms with Gasteiger partial charge in [-0.05, 0) is 130 Å². The first-order valence-electron chi connectivity index (χ1n) is 32.8. The van der Waals surface area contributed by atoms with Crippen molar-refractivity contribution in [2.75, 3.05) is 9.80 Å². The van der Waals surface area contributed by atoms with Crippen LogP contribution in [0, 0.1) is 13.8 Å². The van der Waals surface area contributed by atoms with Crippen molar-refractivity contribution in [3.63, 3.8) is 0 Å². The van der Waals surface area contributed by atoms with E-state index in [9.17, 15) is 0 Å². The molecule has 94 heavy (non-hydrogen) atoms. The molecular formula is C90H72N2O2. The third-order valence-corrected chi connectivity index (χ3v) is 17.7. The van der Waals surface area contributed by atoms with Gasteiger partial charge in [0, 0.05) is 77.7 Å². The van der Waals surface area contributed by atoms with E-state index in [1.807, 2.05) is 52.0 Å². The molecule has 0 bridgehead atoms. The van der Waals surface area contributed by atoms with Crippen LogP contribution in [0.2, 0.25) is 0 Å². The highest BCUT2D eigenvalue weighted by molar-refractivity contribution is 6.11. The van der Waals surface area contributed by atoms with Gasteiger partial charge in [-0.3, -0.25) is 0 Å². The van der Waals surface area contributed by atoms with Gasteiger partial charge in [0.1, 0.15) is 22.3 Å². The highest BCUT2D eigenvalue weighted by atomic mass is 16.3. The molecule has 0 radical (unpaired) electrons. The maximum atomic E-state index is 6.58. The van der Waals surface area contributed by atoms with Gasteiger partial charge in [-0.1, -0.05) is 295 Å². The van der Waals surface area contributed by atoms with Crippen LogP contribution in [-0.4, -0.2) is 0 Å². The van der Waals surface area contributed by atoms with Crippen LogP contribution in [0.1, 0.15) is 38.8 Å². The van der Waals surface area contributed by atoms with E-state index in [-0.39, 0.29) is 0 Å². The van der Waals surface area contributed by atoms with Crippen molar-refractivity contribution in [3.8, 4) is 77.9 Å². The number of para-hydroxylation sites is 6. The molecule has 0 aliphatic heterocycles. The summed E-state index contributed by atoms with van der Waals surface area (Å²) in [5.74, 6) is 0. The summed E-state index contributed by atoms with van der Waals surface area (Å²) < 4.78 is 13.2. The van der Waals surface area contributed by atoms with Crippen molar-refractivity contribution in [1.82, 2.24) is 0 Å². The fraction of sp³-hybridized carbons (Fsp3) is 0.0667. The van der Waals surface area contributed by atoms with E-state index in [4.69, 9.17) is 8.83 Å². The average Bonchev–Trinajstić information content (AvgIpc) is 1.23. The first-order valence-corrected chi connectivity index (χ1v) is 32.8. The van der Waals surface area contributed by atoms with Crippen molar-refractivity contribution in [1.29, 1.82) is 0 Å². The van der Waals surface area contributed by atoms with E-state index in [1.54, 1.807) is 0 Å². The molecule has 0 unspecified atom stereocenters. The molecule has 4 nitrogen and oxygen atoms in total. The Morgan fingerprint density at radius 1 is 0.223 bits per heavy atom. The third-order valence-electron chi connectivity index (χ3n) is 17.7. The number of rotatable bonds is 13. The number of benzene rings is 14. The number of fused-ring (bicyclic) bond motifs is 6. The molecule has 0 spiro atoms. The summed E-state index contributed by atoms with van der Waals surface area (Å²) in [6, 6.07) is 118. The zero-order valence-electron chi connectivity index (χ0n) is 53.9. The van der Waals surface area contributed by atoms with Crippen molar-refractivity contribution < 1.29 is 8.83 Å². The van der Waals surface area contributed by atoms with Gasteiger partial charge in [-0.15, -0.1) is 0 Å². The van der Waals surface area contributed by atoms with E-state index in [0.29, 0.717) is 0 Å². The minimum Gasteiger partial charge on any atom is -0.455 e. The fourth-order valence-corrected chi connectivity index (χ4v) is 13.4. The van der Waals surface area contributed by atoms with Gasteiger partial charge in [0.05, 0.1) is 11.4 Å². The molecule has 0 aliphatic rings. The van der Waals surface area contributed by atoms with Gasteiger partial charge in [0.25, 0.3) is 0 Å². The number of aryl methyl sites for hydroxylation is 2. The highest BCUT2D eigenvalue weighted by Gasteiger charge is 2.27. The Kier molecular flexibility index (Phi) is 17.0. The van der Waals surface area contributed by atoms with E-state index in [0.717, 1.165) is 167 Å². The number of nitrogens with zero attached hydrogens (tertiary/aromatic N) is 2. The summed E-state index contributed by atoms with van der Waals surface area (Å²) >= 11 is 0. The molecular weight excluding hydrogens is 1140 g/mol. The number of anilines is 6. The number of furan rings is 2. The van der Waals surface area contributed by atoms with Crippen molar-refractivity contribution in [2.24, 2.45) is 0 Å². The lowest BCUT2D eigenvalue weighted by Crippen LogP contribution is -2.14. The Morgan fingerprint density at radius 3 is 0.819 bits per heavy atom. The van der Waals surface area contributed by atoms with Gasteiger partial charge in [0.2, 0.25) is 0 Å². The predicted molar refractivity (Wildman–Crippen MR) is 401 cm³/mol. The molecule has 4 heteroatoms. The Bertz CT molecular complexity index is 4850. The second-order valence-corrected chi connectivity index (χ2v) is 23.2. The van der Waals surface area contributed by atoms with Crippen LogP contribution < -0.4 is 9.80 Å². The topological polar surface area (TPSA) is 32.8 Å². The lowest BCUT2D eigenvalue weighted by Gasteiger charge is -2.32. The zero-order chi connectivity index (χ0) is 64.1. The quantitative estimate of drug-likeness (QED) is 0.115. The maximum absolute atomic E-state index is 6.58. The Morgan fingerprint density at radius 2 is 0.489 bits per heavy atom. The summed E-state index contributed by atoms with van der Waals surface area (Å²) in [6.07, 6.45) is 0. The first kappa shape index (κ1) is 59.9. The molecule has 0 aliphatic carbocycles. The van der Waals surface area contributed by atoms with Gasteiger partial charge in [-0.25, -0.2) is 0 Å². The Balaban J connectivity index is 0.00000187. The van der Waals surface area contributed by atoms with Gasteiger partial charge < -0.3 is 18.6 Å². The van der Waals surface area contributed by atoms with E-state index >= 15 is 0 Å². The van der Waals surface area contributed by atoms with E-state index in [2.05, 4.69) is 327 Å². The Hall–Kier alpha value is -11.7. The van der Waals surface area contributed by atoms with Gasteiger partial charge in [0.15, 0.2) is 0 Å². The van der Waals surface area contributed by atoms with Gasteiger partial charge >= 0.3 is 0 Å². The lowest BCUT2D eigenvalue weighted by molar-refractivity contribution is 0.669. The van der Waals surface area contributed by atoms with Crippen LogP contribution in [0.3, 0.4) is 0 Å². The van der Waals surface area contributed by atoms with Gasteiger partial charge in [-0.2, -0.15) is 0 Å². The summed E-state index contributed by atoms with van der Waals surface area (Å²) in [7, 11) is 0. The maximum Gasteiger partial charge on any atom is 0.143 e. The number of hydrogen-bond donors (Lipinski definition) is 0. The molecule has 14 aromatic carbocycles. The summed E-state index contributed by atoms with van der Waals surface area (Å²) in [6.45, 7) is 12.5. The molecule has 16 aromatic rings. The standard InChI is InChI=1S/C86H60N2O2.2C2H6/c1-57-55-65(47-53-79(57)87(83-69(59-23-7-3-8-24-59)33-19-34-70(83)60-25-9-4-10-26-60)67-49-43-63(44-50-67)73-37-21-39-77-75-31-15-17-41-81(75)89-85(73)77)66-48-54-80(58(2)56-66)88(84-71(61-27-11-5-12-28-61)35-20-36-72(84)62-29-13-6-14-30-62)68-51-45-64(46-52-68)74-38-22-40-78-76-32-16-18-42-82(76)90-86(74)78;2*1-2/h3-56H,1-2H3;2*1-2H3. The molecule has 0 saturated carbocycles. The molecule has 0 fully saturated rings. The van der Waals surface area contributed by atoms with E-state index < -0.39 is 0 Å². The zero-order valence-corrected chi connectivity index (χ0v) is 53.9. The average molecular weight is 1210 g/mol. The Labute approximate surface area is 551 Å². The summed E-state index contributed by atoms with van der Waals surface area (Å²) in [5.41, 5.74) is 27.9. The highest BCUT2D eigenvalue weighted by Crippen LogP contribution is 2.51. The molecule has 0 amide bonds. The monoisotopic (exact) mass is 1210 g/mol. The smallest absolute Gasteiger partial charge is 0.143 e. The summed E-state index contributed by atoms with van der Waals surface area (Å²) in [5, 5.41) is 4.46. The van der Waals surface area contributed by atoms with Crippen LogP contribution >= 0.6 is 0 Å². The van der Waals surface area contributed by atoms with Crippen LogP contribution in [0.25, 0.3) is 122 Å². The fourth-order valence-electron chi connectivity index (χ4n) is 13.4. The van der Waals surface area contributed by atoms with Crippen molar-refractivity contribution in [2.45, 2.75) is 41.5 Å². The second-order valence-electron chi connectivity index (χ2n) is 23.2. The molecule has 454 valence electrons. The van der Waals surface area contributed by atoms with Crippen molar-refractivity contribution in [3.05, 3.63) is 339 Å². The minimum atomic E-state index is 0.888. The molecule has 2 aromatic heterocycles. The molecule has 16 rings (SSSR count). The molecule has 0 N–H and O–H groups in total.